The van der Waals surface area contributed by atoms with Crippen molar-refractivity contribution in [2.45, 2.75) is 32.7 Å². The number of hydrogen-bond acceptors (Lipinski definition) is 1. The molecule has 2 heteroatoms. The van der Waals surface area contributed by atoms with E-state index in [4.69, 9.17) is 0 Å². The minimum atomic E-state index is 0.305. The molecule has 1 aliphatic carbocycles. The minimum absolute atomic E-state index is 0.305. The Kier molecular flexibility index (Phi) is 2.78. The second kappa shape index (κ2) is 4.45. The molecule has 0 N–H and O–H groups in total. The van der Waals surface area contributed by atoms with Crippen molar-refractivity contribution in [3.05, 3.63) is 58.9 Å². The summed E-state index contributed by atoms with van der Waals surface area (Å²) in [6, 6.07) is 8.56. The van der Waals surface area contributed by atoms with Gasteiger partial charge >= 0.3 is 0 Å². The number of carbonyl (C=O) groups excluding carboxylic acids is 1. The standard InChI is InChI=1S/C16H17NO/c1-12-5-7-13(8-6-12)9-17-10-14-3-2-4-16(18)15(14)11-17/h5-8,10-11H,2-4,9H2,1H3. The molecule has 92 valence electrons. The van der Waals surface area contributed by atoms with Crippen LogP contribution < -0.4 is 0 Å². The summed E-state index contributed by atoms with van der Waals surface area (Å²) >= 11 is 0. The molecule has 0 radical (unpaired) electrons. The van der Waals surface area contributed by atoms with Crippen molar-refractivity contribution in [1.29, 1.82) is 0 Å². The van der Waals surface area contributed by atoms with Crippen LogP contribution in [0.5, 0.6) is 0 Å². The summed E-state index contributed by atoms with van der Waals surface area (Å²) in [5, 5.41) is 0. The number of ketones is 1. The van der Waals surface area contributed by atoms with Gasteiger partial charge in [0.1, 0.15) is 0 Å². The zero-order chi connectivity index (χ0) is 12.5. The highest BCUT2D eigenvalue weighted by Gasteiger charge is 2.18. The van der Waals surface area contributed by atoms with E-state index >= 15 is 0 Å². The van der Waals surface area contributed by atoms with Crippen molar-refractivity contribution < 1.29 is 4.79 Å². The van der Waals surface area contributed by atoms with Gasteiger partial charge in [-0.1, -0.05) is 29.8 Å². The van der Waals surface area contributed by atoms with E-state index in [1.54, 1.807) is 0 Å². The third-order valence-electron chi connectivity index (χ3n) is 3.60. The van der Waals surface area contributed by atoms with Crippen LogP contribution in [-0.2, 0) is 13.0 Å². The van der Waals surface area contributed by atoms with Gasteiger partial charge in [-0.05, 0) is 30.9 Å². The Bertz CT molecular complexity index is 578. The maximum Gasteiger partial charge on any atom is 0.164 e. The van der Waals surface area contributed by atoms with E-state index in [1.165, 1.54) is 16.7 Å². The van der Waals surface area contributed by atoms with Gasteiger partial charge in [-0.15, -0.1) is 0 Å². The van der Waals surface area contributed by atoms with E-state index in [9.17, 15) is 4.79 Å². The summed E-state index contributed by atoms with van der Waals surface area (Å²) in [6.45, 7) is 2.94. The molecule has 0 saturated heterocycles. The number of carbonyl (C=O) groups is 1. The fourth-order valence-corrected chi connectivity index (χ4v) is 2.58. The molecule has 0 atom stereocenters. The Morgan fingerprint density at radius 3 is 2.61 bits per heavy atom. The summed E-state index contributed by atoms with van der Waals surface area (Å²) in [5.41, 5.74) is 4.72. The number of hydrogen-bond donors (Lipinski definition) is 0. The van der Waals surface area contributed by atoms with Gasteiger partial charge in [-0.25, -0.2) is 0 Å². The van der Waals surface area contributed by atoms with Gasteiger partial charge in [0.2, 0.25) is 0 Å². The monoisotopic (exact) mass is 239 g/mol. The lowest BCUT2D eigenvalue weighted by Gasteiger charge is -2.07. The summed E-state index contributed by atoms with van der Waals surface area (Å²) in [6.07, 6.45) is 6.90. The molecular weight excluding hydrogens is 222 g/mol. The molecule has 1 aromatic carbocycles. The number of rotatable bonds is 2. The van der Waals surface area contributed by atoms with Gasteiger partial charge < -0.3 is 4.57 Å². The molecule has 0 spiro atoms. The van der Waals surface area contributed by atoms with Crippen molar-refractivity contribution in [2.24, 2.45) is 0 Å². The second-order valence-corrected chi connectivity index (χ2v) is 5.13. The summed E-state index contributed by atoms with van der Waals surface area (Å²) in [5.74, 6) is 0.305. The van der Waals surface area contributed by atoms with Crippen molar-refractivity contribution in [3.63, 3.8) is 0 Å². The van der Waals surface area contributed by atoms with E-state index in [1.807, 2.05) is 6.20 Å². The first kappa shape index (κ1) is 11.3. The van der Waals surface area contributed by atoms with Gasteiger partial charge in [0, 0.05) is 30.9 Å². The molecule has 2 aromatic rings. The molecule has 0 amide bonds. The number of Topliss-reactive ketones (excluding diaryl/α,β-unsaturated/α-hetero) is 1. The van der Waals surface area contributed by atoms with Crippen molar-refractivity contribution >= 4 is 5.78 Å². The first-order valence-electron chi connectivity index (χ1n) is 6.50. The van der Waals surface area contributed by atoms with E-state index in [2.05, 4.69) is 42.0 Å². The Morgan fingerprint density at radius 1 is 1.11 bits per heavy atom. The van der Waals surface area contributed by atoms with Gasteiger partial charge in [-0.2, -0.15) is 0 Å². The lowest BCUT2D eigenvalue weighted by atomic mass is 9.95. The normalized spacial score (nSPS) is 14.6. The zero-order valence-electron chi connectivity index (χ0n) is 10.6. The molecule has 1 aliphatic rings. The Morgan fingerprint density at radius 2 is 1.89 bits per heavy atom. The highest BCUT2D eigenvalue weighted by molar-refractivity contribution is 5.98. The lowest BCUT2D eigenvalue weighted by Crippen LogP contribution is -2.07. The number of nitrogens with zero attached hydrogens (tertiary/aromatic N) is 1. The average Bonchev–Trinajstić information content (AvgIpc) is 2.76. The van der Waals surface area contributed by atoms with Gasteiger partial charge in [-0.3, -0.25) is 4.79 Å². The Balaban J connectivity index is 1.85. The van der Waals surface area contributed by atoms with Crippen LogP contribution in [0.3, 0.4) is 0 Å². The van der Waals surface area contributed by atoms with Crippen LogP contribution in [0.15, 0.2) is 36.7 Å². The third kappa shape index (κ3) is 2.10. The fourth-order valence-electron chi connectivity index (χ4n) is 2.58. The quantitative estimate of drug-likeness (QED) is 0.787. The van der Waals surface area contributed by atoms with Crippen LogP contribution in [0.1, 0.15) is 39.9 Å². The smallest absolute Gasteiger partial charge is 0.164 e. The third-order valence-corrected chi connectivity index (χ3v) is 3.60. The summed E-state index contributed by atoms with van der Waals surface area (Å²) in [4.78, 5) is 11.8. The maximum atomic E-state index is 11.8. The largest absolute Gasteiger partial charge is 0.349 e. The minimum Gasteiger partial charge on any atom is -0.349 e. The molecule has 0 unspecified atom stereocenters. The lowest BCUT2D eigenvalue weighted by molar-refractivity contribution is 0.0973. The van der Waals surface area contributed by atoms with Crippen molar-refractivity contribution in [3.8, 4) is 0 Å². The number of benzene rings is 1. The van der Waals surface area contributed by atoms with E-state index in [0.717, 1.165) is 24.9 Å². The predicted molar refractivity (Wildman–Crippen MR) is 72.0 cm³/mol. The molecule has 2 nitrogen and oxygen atoms in total. The predicted octanol–water partition coefficient (Wildman–Crippen LogP) is 3.36. The zero-order valence-corrected chi connectivity index (χ0v) is 10.6. The highest BCUT2D eigenvalue weighted by Crippen LogP contribution is 2.22. The topological polar surface area (TPSA) is 22.0 Å². The van der Waals surface area contributed by atoms with Gasteiger partial charge in [0.05, 0.1) is 0 Å². The van der Waals surface area contributed by atoms with Crippen LogP contribution in [-0.4, -0.2) is 10.4 Å². The number of aryl methyl sites for hydroxylation is 2. The summed E-state index contributed by atoms with van der Waals surface area (Å²) < 4.78 is 2.14. The van der Waals surface area contributed by atoms with Crippen molar-refractivity contribution in [2.75, 3.05) is 0 Å². The van der Waals surface area contributed by atoms with Gasteiger partial charge in [0.15, 0.2) is 5.78 Å². The Hall–Kier alpha value is -1.83. The maximum absolute atomic E-state index is 11.8. The summed E-state index contributed by atoms with van der Waals surface area (Å²) in [7, 11) is 0. The van der Waals surface area contributed by atoms with E-state index in [-0.39, 0.29) is 0 Å². The van der Waals surface area contributed by atoms with Gasteiger partial charge in [0.25, 0.3) is 0 Å². The first-order chi connectivity index (χ1) is 8.72. The molecule has 0 aliphatic heterocycles. The van der Waals surface area contributed by atoms with Crippen LogP contribution >= 0.6 is 0 Å². The van der Waals surface area contributed by atoms with E-state index < -0.39 is 0 Å². The number of aromatic nitrogens is 1. The molecule has 1 aromatic heterocycles. The molecule has 0 saturated carbocycles. The van der Waals surface area contributed by atoms with Crippen LogP contribution in [0.2, 0.25) is 0 Å². The molecular formula is C16H17NO. The molecule has 1 heterocycles. The van der Waals surface area contributed by atoms with Crippen LogP contribution in [0.25, 0.3) is 0 Å². The molecule has 3 rings (SSSR count). The van der Waals surface area contributed by atoms with Crippen LogP contribution in [0, 0.1) is 6.92 Å². The SMILES string of the molecule is Cc1ccc(Cn2cc3c(c2)C(=O)CCC3)cc1. The Labute approximate surface area is 107 Å². The fraction of sp³-hybridized carbons (Fsp3) is 0.312. The first-order valence-corrected chi connectivity index (χ1v) is 6.50. The van der Waals surface area contributed by atoms with Crippen LogP contribution in [0.4, 0.5) is 0 Å². The molecule has 0 bridgehead atoms. The van der Waals surface area contributed by atoms with E-state index in [0.29, 0.717) is 12.2 Å². The molecule has 18 heavy (non-hydrogen) atoms. The average molecular weight is 239 g/mol. The number of fused-ring (bicyclic) bond motifs is 1. The van der Waals surface area contributed by atoms with Crippen molar-refractivity contribution in [1.82, 2.24) is 4.57 Å². The molecule has 0 fully saturated rings. The highest BCUT2D eigenvalue weighted by atomic mass is 16.1. The second-order valence-electron chi connectivity index (χ2n) is 5.13.